The van der Waals surface area contributed by atoms with Crippen LogP contribution in [0.25, 0.3) is 5.69 Å². The topological polar surface area (TPSA) is 91.0 Å². The number of amides is 1. The zero-order valence-electron chi connectivity index (χ0n) is 19.9. The number of aryl methyl sites for hydroxylation is 2. The summed E-state index contributed by atoms with van der Waals surface area (Å²) in [5.74, 6) is -0.721. The second kappa shape index (κ2) is 9.92. The zero-order chi connectivity index (χ0) is 25.1. The fourth-order valence-electron chi connectivity index (χ4n) is 3.69. The van der Waals surface area contributed by atoms with Gasteiger partial charge in [-0.3, -0.25) is 14.3 Å². The number of rotatable bonds is 7. The van der Waals surface area contributed by atoms with E-state index in [9.17, 15) is 9.59 Å². The Bertz CT molecular complexity index is 1430. The van der Waals surface area contributed by atoms with Crippen LogP contribution in [-0.2, 0) is 13.5 Å². The second-order valence-electron chi connectivity index (χ2n) is 8.14. The van der Waals surface area contributed by atoms with E-state index in [0.29, 0.717) is 17.9 Å². The molecule has 4 rings (SSSR count). The van der Waals surface area contributed by atoms with Crippen LogP contribution in [0.1, 0.15) is 47.3 Å². The highest BCUT2D eigenvalue weighted by atomic mass is 19.1. The molecule has 35 heavy (non-hydrogen) atoms. The summed E-state index contributed by atoms with van der Waals surface area (Å²) in [5.41, 5.74) is 1.56. The van der Waals surface area contributed by atoms with Gasteiger partial charge in [-0.25, -0.2) is 9.18 Å². The summed E-state index contributed by atoms with van der Waals surface area (Å²) in [6.07, 6.45) is 3.18. The standard InChI is InChI=1S/C26H26FN5O3/c1-5-24-30-32(26(34)31(24)4)22-14-23(35-17(3)18-9-7-6-8-10-18)19(13-20(22)27)25(33)29-21-15-28-12-11-16(21)2/h6-15,17H,5H2,1-4H3,(H,29,33). The highest BCUT2D eigenvalue weighted by molar-refractivity contribution is 6.06. The van der Waals surface area contributed by atoms with E-state index < -0.39 is 23.5 Å². The van der Waals surface area contributed by atoms with E-state index in [4.69, 9.17) is 4.74 Å². The molecule has 1 N–H and O–H groups in total. The predicted molar refractivity (Wildman–Crippen MR) is 131 cm³/mol. The van der Waals surface area contributed by atoms with Crippen molar-refractivity contribution in [1.82, 2.24) is 19.3 Å². The summed E-state index contributed by atoms with van der Waals surface area (Å²) < 4.78 is 23.8. The molecule has 2 aromatic heterocycles. The lowest BCUT2D eigenvalue weighted by Gasteiger charge is -2.19. The van der Waals surface area contributed by atoms with Gasteiger partial charge in [0.15, 0.2) is 0 Å². The maximum Gasteiger partial charge on any atom is 0.350 e. The molecule has 0 spiro atoms. The minimum absolute atomic E-state index is 0.0167. The first-order valence-electron chi connectivity index (χ1n) is 11.2. The Kier molecular flexibility index (Phi) is 6.77. The van der Waals surface area contributed by atoms with Crippen molar-refractivity contribution in [2.24, 2.45) is 7.05 Å². The number of ether oxygens (including phenoxy) is 1. The van der Waals surface area contributed by atoms with Gasteiger partial charge in [-0.05, 0) is 37.1 Å². The zero-order valence-corrected chi connectivity index (χ0v) is 19.9. The number of hydrogen-bond donors (Lipinski definition) is 1. The van der Waals surface area contributed by atoms with E-state index in [0.717, 1.165) is 21.9 Å². The summed E-state index contributed by atoms with van der Waals surface area (Å²) in [5, 5.41) is 7.02. The molecule has 1 unspecified atom stereocenters. The molecule has 0 aliphatic rings. The van der Waals surface area contributed by atoms with E-state index in [1.54, 1.807) is 19.3 Å². The van der Waals surface area contributed by atoms with E-state index in [-0.39, 0.29) is 17.0 Å². The fourth-order valence-corrected chi connectivity index (χ4v) is 3.69. The van der Waals surface area contributed by atoms with Gasteiger partial charge in [0.2, 0.25) is 0 Å². The van der Waals surface area contributed by atoms with Gasteiger partial charge >= 0.3 is 5.69 Å². The molecule has 0 saturated heterocycles. The van der Waals surface area contributed by atoms with Gasteiger partial charge in [0.05, 0.1) is 17.4 Å². The molecule has 1 atom stereocenters. The first kappa shape index (κ1) is 23.9. The van der Waals surface area contributed by atoms with Crippen LogP contribution in [0.15, 0.2) is 65.7 Å². The average molecular weight is 476 g/mol. The monoisotopic (exact) mass is 475 g/mol. The van der Waals surface area contributed by atoms with Crippen molar-refractivity contribution in [3.05, 3.63) is 99.7 Å². The van der Waals surface area contributed by atoms with E-state index in [1.165, 1.54) is 16.8 Å². The third-order valence-corrected chi connectivity index (χ3v) is 5.77. The molecule has 0 aliphatic heterocycles. The normalized spacial score (nSPS) is 11.8. The number of nitrogens with one attached hydrogen (secondary N) is 1. The Hall–Kier alpha value is -4.27. The van der Waals surface area contributed by atoms with Crippen molar-refractivity contribution in [1.29, 1.82) is 0 Å². The SMILES string of the molecule is CCc1nn(-c2cc(OC(C)c3ccccc3)c(C(=O)Nc3cnccc3C)cc2F)c(=O)n1C. The largest absolute Gasteiger partial charge is 0.485 e. The molecule has 1 amide bonds. The van der Waals surface area contributed by atoms with Gasteiger partial charge in [0, 0.05) is 25.7 Å². The molecule has 2 heterocycles. The van der Waals surface area contributed by atoms with Crippen LogP contribution in [0.2, 0.25) is 0 Å². The second-order valence-corrected chi connectivity index (χ2v) is 8.14. The van der Waals surface area contributed by atoms with Crippen LogP contribution in [0.4, 0.5) is 10.1 Å². The first-order chi connectivity index (χ1) is 16.8. The summed E-state index contributed by atoms with van der Waals surface area (Å²) in [6.45, 7) is 5.51. The van der Waals surface area contributed by atoms with Crippen LogP contribution in [0, 0.1) is 12.7 Å². The highest BCUT2D eigenvalue weighted by Gasteiger charge is 2.23. The fraction of sp³-hybridized carbons (Fsp3) is 0.231. The Morgan fingerprint density at radius 3 is 2.60 bits per heavy atom. The van der Waals surface area contributed by atoms with Crippen LogP contribution in [0.3, 0.4) is 0 Å². The van der Waals surface area contributed by atoms with E-state index in [1.807, 2.05) is 51.1 Å². The van der Waals surface area contributed by atoms with Gasteiger partial charge in [0.1, 0.15) is 29.2 Å². The molecule has 0 aliphatic carbocycles. The Morgan fingerprint density at radius 1 is 1.20 bits per heavy atom. The minimum atomic E-state index is -0.777. The van der Waals surface area contributed by atoms with Gasteiger partial charge in [-0.2, -0.15) is 4.68 Å². The molecule has 0 fully saturated rings. The number of carbonyl (C=O) groups is 1. The van der Waals surface area contributed by atoms with Gasteiger partial charge in [-0.15, -0.1) is 5.10 Å². The number of aromatic nitrogens is 4. The van der Waals surface area contributed by atoms with Gasteiger partial charge in [0.25, 0.3) is 5.91 Å². The van der Waals surface area contributed by atoms with E-state index >= 15 is 4.39 Å². The number of carbonyl (C=O) groups excluding carboxylic acids is 1. The lowest BCUT2D eigenvalue weighted by molar-refractivity contribution is 0.101. The minimum Gasteiger partial charge on any atom is -0.485 e. The smallest absolute Gasteiger partial charge is 0.350 e. The van der Waals surface area contributed by atoms with Crippen LogP contribution < -0.4 is 15.7 Å². The lowest BCUT2D eigenvalue weighted by Crippen LogP contribution is -2.23. The van der Waals surface area contributed by atoms with E-state index in [2.05, 4.69) is 15.4 Å². The first-order valence-corrected chi connectivity index (χ1v) is 11.2. The Labute approximate surface area is 202 Å². The van der Waals surface area contributed by atoms with Gasteiger partial charge in [-0.1, -0.05) is 37.3 Å². The van der Waals surface area contributed by atoms with Crippen molar-refractivity contribution in [3.63, 3.8) is 0 Å². The maximum absolute atomic E-state index is 15.3. The van der Waals surface area contributed by atoms with Crippen molar-refractivity contribution in [2.45, 2.75) is 33.3 Å². The third-order valence-electron chi connectivity index (χ3n) is 5.77. The van der Waals surface area contributed by atoms with Crippen LogP contribution in [-0.4, -0.2) is 25.2 Å². The quantitative estimate of drug-likeness (QED) is 0.429. The van der Waals surface area contributed by atoms with Crippen LogP contribution in [0.5, 0.6) is 5.75 Å². The number of pyridine rings is 1. The molecule has 180 valence electrons. The summed E-state index contributed by atoms with van der Waals surface area (Å²) in [4.78, 5) is 30.0. The average Bonchev–Trinajstić information content (AvgIpc) is 3.15. The molecule has 9 heteroatoms. The van der Waals surface area contributed by atoms with Gasteiger partial charge < -0.3 is 10.1 Å². The highest BCUT2D eigenvalue weighted by Crippen LogP contribution is 2.30. The number of benzene rings is 2. The Morgan fingerprint density at radius 2 is 1.94 bits per heavy atom. The molecule has 0 saturated carbocycles. The molecule has 0 radical (unpaired) electrons. The Balaban J connectivity index is 1.80. The molecular weight excluding hydrogens is 449 g/mol. The number of nitrogens with zero attached hydrogens (tertiary/aromatic N) is 4. The summed E-state index contributed by atoms with van der Waals surface area (Å²) >= 11 is 0. The summed E-state index contributed by atoms with van der Waals surface area (Å²) in [7, 11) is 1.58. The number of hydrogen-bond acceptors (Lipinski definition) is 5. The van der Waals surface area contributed by atoms with Crippen molar-refractivity contribution < 1.29 is 13.9 Å². The molecule has 2 aromatic carbocycles. The number of halogens is 1. The van der Waals surface area contributed by atoms with Crippen molar-refractivity contribution >= 4 is 11.6 Å². The third kappa shape index (κ3) is 4.84. The predicted octanol–water partition coefficient (Wildman–Crippen LogP) is 4.37. The molecule has 4 aromatic rings. The maximum atomic E-state index is 15.3. The lowest BCUT2D eigenvalue weighted by atomic mass is 10.1. The molecule has 8 nitrogen and oxygen atoms in total. The molecule has 0 bridgehead atoms. The van der Waals surface area contributed by atoms with Crippen LogP contribution >= 0.6 is 0 Å². The van der Waals surface area contributed by atoms with Crippen molar-refractivity contribution in [3.8, 4) is 11.4 Å². The van der Waals surface area contributed by atoms with Crippen molar-refractivity contribution in [2.75, 3.05) is 5.32 Å². The molecular formula is C26H26FN5O3. The summed E-state index contributed by atoms with van der Waals surface area (Å²) in [6, 6.07) is 13.6. The number of anilines is 1.